The molecule has 2 aliphatic rings. The van der Waals surface area contributed by atoms with Crippen LogP contribution in [0.15, 0.2) is 18.3 Å². The van der Waals surface area contributed by atoms with Crippen molar-refractivity contribution in [1.82, 2.24) is 19.5 Å². The summed E-state index contributed by atoms with van der Waals surface area (Å²) in [6.07, 6.45) is 8.19. The van der Waals surface area contributed by atoms with Crippen LogP contribution < -0.4 is 16.4 Å². The molecule has 2 aromatic heterocycles. The van der Waals surface area contributed by atoms with E-state index < -0.39 is 5.82 Å². The zero-order chi connectivity index (χ0) is 26.8. The second-order valence-corrected chi connectivity index (χ2v) is 10.6. The van der Waals surface area contributed by atoms with Gasteiger partial charge in [0.25, 0.3) is 0 Å². The third kappa shape index (κ3) is 5.51. The number of anilines is 3. The fourth-order valence-electron chi connectivity index (χ4n) is 5.53. The summed E-state index contributed by atoms with van der Waals surface area (Å²) in [7, 11) is 0. The van der Waals surface area contributed by atoms with E-state index in [1.54, 1.807) is 6.20 Å². The molecule has 12 heteroatoms. The minimum absolute atomic E-state index is 0.00629. The molecule has 200 valence electrons. The summed E-state index contributed by atoms with van der Waals surface area (Å²) in [5, 5.41) is 25.8. The van der Waals surface area contributed by atoms with Gasteiger partial charge in [0, 0.05) is 18.0 Å². The minimum Gasteiger partial charge on any atom is -0.393 e. The maximum Gasteiger partial charge on any atom is 0.224 e. The van der Waals surface area contributed by atoms with Crippen LogP contribution >= 0.6 is 11.6 Å². The van der Waals surface area contributed by atoms with E-state index in [9.17, 15) is 14.3 Å². The second-order valence-electron chi connectivity index (χ2n) is 10.2. The predicted octanol–water partition coefficient (Wildman–Crippen LogP) is 4.56. The Morgan fingerprint density at radius 3 is 2.66 bits per heavy atom. The molecule has 10 nitrogen and oxygen atoms in total. The largest absolute Gasteiger partial charge is 0.393 e. The van der Waals surface area contributed by atoms with E-state index in [0.29, 0.717) is 55.2 Å². The molecule has 2 fully saturated rings. The minimum atomic E-state index is -0.676. The molecule has 1 amide bonds. The number of nitriles is 1. The van der Waals surface area contributed by atoms with Crippen molar-refractivity contribution in [3.63, 3.8) is 0 Å². The van der Waals surface area contributed by atoms with Gasteiger partial charge in [-0.15, -0.1) is 0 Å². The third-order valence-electron chi connectivity index (χ3n) is 7.53. The lowest BCUT2D eigenvalue weighted by Gasteiger charge is -2.29. The standard InChI is InChI=1S/C26H30ClFN8O2/c27-19-9-14(12-29)10-20(28)22(19)34-26-33-21-13-31-25(32-16-3-1-2-4-18(37)11-16)35-24(21)36(26)17-7-5-15(6-8-17)23(30)38/h9-10,13,15-18,37H,1-8,11H2,(H2,30,38)(H,33,34)(H,31,32,35)/t15-,16-,17+,18-/m0/s1. The lowest BCUT2D eigenvalue weighted by molar-refractivity contribution is -0.122. The number of amides is 1. The number of primary amides is 1. The SMILES string of the molecule is N#Cc1cc(F)c(Nc2nc3cnc(N[C@H]4CCCC[C@H](O)C4)nc3n2[C@H]2CC[C@@H](C(N)=O)CC2)c(Cl)c1. The number of nitrogens with two attached hydrogens (primary N) is 1. The first kappa shape index (κ1) is 26.1. The van der Waals surface area contributed by atoms with E-state index in [1.807, 2.05) is 10.6 Å². The van der Waals surface area contributed by atoms with E-state index in [4.69, 9.17) is 27.6 Å². The van der Waals surface area contributed by atoms with Crippen LogP contribution in [0.3, 0.4) is 0 Å². The monoisotopic (exact) mass is 540 g/mol. The van der Waals surface area contributed by atoms with Gasteiger partial charge >= 0.3 is 0 Å². The molecule has 2 atom stereocenters. The number of carbonyl (C=O) groups is 1. The Kier molecular flexibility index (Phi) is 7.63. The highest BCUT2D eigenvalue weighted by Gasteiger charge is 2.30. The molecule has 2 heterocycles. The van der Waals surface area contributed by atoms with Gasteiger partial charge in [-0.2, -0.15) is 10.2 Å². The number of aliphatic hydroxyl groups is 1. The number of carbonyl (C=O) groups excluding carboxylic acids is 1. The van der Waals surface area contributed by atoms with Crippen molar-refractivity contribution in [2.45, 2.75) is 76.0 Å². The fraction of sp³-hybridized carbons (Fsp3) is 0.500. The van der Waals surface area contributed by atoms with Crippen LogP contribution in [0.2, 0.25) is 5.02 Å². The molecule has 2 saturated carbocycles. The first-order valence-corrected chi connectivity index (χ1v) is 13.3. The van der Waals surface area contributed by atoms with Crippen LogP contribution in [0.25, 0.3) is 11.2 Å². The number of nitrogens with one attached hydrogen (secondary N) is 2. The maximum absolute atomic E-state index is 14.9. The van der Waals surface area contributed by atoms with Gasteiger partial charge in [-0.25, -0.2) is 14.4 Å². The zero-order valence-corrected chi connectivity index (χ0v) is 21.6. The van der Waals surface area contributed by atoms with E-state index >= 15 is 0 Å². The number of hydrogen-bond acceptors (Lipinski definition) is 8. The van der Waals surface area contributed by atoms with Gasteiger partial charge in [-0.1, -0.05) is 24.4 Å². The molecule has 3 aromatic rings. The number of rotatable bonds is 6. The fourth-order valence-corrected chi connectivity index (χ4v) is 5.79. The Balaban J connectivity index is 1.52. The molecule has 0 bridgehead atoms. The van der Waals surface area contributed by atoms with Crippen molar-refractivity contribution in [2.75, 3.05) is 10.6 Å². The number of fused-ring (bicyclic) bond motifs is 1. The smallest absolute Gasteiger partial charge is 0.224 e. The Labute approximate surface area is 224 Å². The number of imidazole rings is 1. The molecule has 0 unspecified atom stereocenters. The molecule has 0 radical (unpaired) electrons. The Bertz CT molecular complexity index is 1360. The number of benzene rings is 1. The first-order valence-electron chi connectivity index (χ1n) is 13.0. The number of nitrogens with zero attached hydrogens (tertiary/aromatic N) is 5. The Morgan fingerprint density at radius 2 is 1.95 bits per heavy atom. The molecular weight excluding hydrogens is 511 g/mol. The van der Waals surface area contributed by atoms with Gasteiger partial charge in [0.15, 0.2) is 5.65 Å². The van der Waals surface area contributed by atoms with Crippen LogP contribution in [0.1, 0.15) is 69.4 Å². The molecule has 2 aliphatic carbocycles. The van der Waals surface area contributed by atoms with Gasteiger partial charge < -0.3 is 21.5 Å². The second kappa shape index (κ2) is 11.1. The number of aromatic nitrogens is 4. The molecule has 1 aromatic carbocycles. The molecule has 0 aliphatic heterocycles. The molecular formula is C26H30ClFN8O2. The summed E-state index contributed by atoms with van der Waals surface area (Å²) in [4.78, 5) is 25.6. The summed E-state index contributed by atoms with van der Waals surface area (Å²) in [5.74, 6) is -0.396. The van der Waals surface area contributed by atoms with Crippen LogP contribution in [-0.2, 0) is 4.79 Å². The maximum atomic E-state index is 14.9. The average Bonchev–Trinajstić information content (AvgIpc) is 3.12. The van der Waals surface area contributed by atoms with Crippen LogP contribution in [0.4, 0.5) is 22.0 Å². The van der Waals surface area contributed by atoms with Crippen molar-refractivity contribution in [3.8, 4) is 6.07 Å². The topological polar surface area (TPSA) is 155 Å². The highest BCUT2D eigenvalue weighted by Crippen LogP contribution is 2.38. The lowest BCUT2D eigenvalue weighted by Crippen LogP contribution is -2.29. The summed E-state index contributed by atoms with van der Waals surface area (Å²) < 4.78 is 16.8. The summed E-state index contributed by atoms with van der Waals surface area (Å²) in [6.45, 7) is 0. The van der Waals surface area contributed by atoms with E-state index in [2.05, 4.69) is 20.6 Å². The summed E-state index contributed by atoms with van der Waals surface area (Å²) in [5.41, 5.74) is 6.74. The van der Waals surface area contributed by atoms with E-state index in [1.165, 1.54) is 6.07 Å². The van der Waals surface area contributed by atoms with Gasteiger partial charge in [0.2, 0.25) is 17.8 Å². The Hall–Kier alpha value is -3.49. The van der Waals surface area contributed by atoms with Crippen molar-refractivity contribution in [3.05, 3.63) is 34.7 Å². The van der Waals surface area contributed by atoms with Crippen LogP contribution in [0.5, 0.6) is 0 Å². The molecule has 5 rings (SSSR count). The van der Waals surface area contributed by atoms with Gasteiger partial charge in [0.05, 0.1) is 34.6 Å². The number of hydrogen-bond donors (Lipinski definition) is 4. The highest BCUT2D eigenvalue weighted by molar-refractivity contribution is 6.33. The summed E-state index contributed by atoms with van der Waals surface area (Å²) in [6, 6.07) is 4.38. The normalized spacial score (nSPS) is 23.9. The first-order chi connectivity index (χ1) is 18.3. The number of halogens is 2. The van der Waals surface area contributed by atoms with E-state index in [0.717, 1.165) is 31.7 Å². The lowest BCUT2D eigenvalue weighted by atomic mass is 9.85. The Morgan fingerprint density at radius 1 is 1.18 bits per heavy atom. The van der Waals surface area contributed by atoms with Crippen molar-refractivity contribution in [1.29, 1.82) is 5.26 Å². The van der Waals surface area contributed by atoms with E-state index in [-0.39, 0.29) is 46.3 Å². The van der Waals surface area contributed by atoms with Crippen molar-refractivity contribution < 1.29 is 14.3 Å². The average molecular weight is 541 g/mol. The third-order valence-corrected chi connectivity index (χ3v) is 7.83. The van der Waals surface area contributed by atoms with Crippen molar-refractivity contribution in [2.24, 2.45) is 11.7 Å². The quantitative estimate of drug-likeness (QED) is 0.332. The zero-order valence-electron chi connectivity index (χ0n) is 20.8. The highest BCUT2D eigenvalue weighted by atomic mass is 35.5. The van der Waals surface area contributed by atoms with Crippen LogP contribution in [-0.4, -0.2) is 42.7 Å². The molecule has 0 saturated heterocycles. The van der Waals surface area contributed by atoms with Crippen molar-refractivity contribution >= 4 is 46.3 Å². The van der Waals surface area contributed by atoms with Gasteiger partial charge in [-0.05, 0) is 57.1 Å². The van der Waals surface area contributed by atoms with Crippen LogP contribution in [0, 0.1) is 23.1 Å². The number of aliphatic hydroxyl groups excluding tert-OH is 1. The molecule has 38 heavy (non-hydrogen) atoms. The summed E-state index contributed by atoms with van der Waals surface area (Å²) >= 11 is 6.31. The van der Waals surface area contributed by atoms with Gasteiger partial charge in [0.1, 0.15) is 11.3 Å². The predicted molar refractivity (Wildman–Crippen MR) is 141 cm³/mol. The molecule has 5 N–H and O–H groups in total. The molecule has 0 spiro atoms. The van der Waals surface area contributed by atoms with Gasteiger partial charge in [-0.3, -0.25) is 9.36 Å².